The fraction of sp³-hybridized carbons (Fsp3) is 0. The van der Waals surface area contributed by atoms with Gasteiger partial charge in [-0.1, -0.05) is 78.9 Å². The summed E-state index contributed by atoms with van der Waals surface area (Å²) >= 11 is 3.68. The molecule has 0 bridgehead atoms. The quantitative estimate of drug-likeness (QED) is 0.170. The Balaban J connectivity index is 1.15. The van der Waals surface area contributed by atoms with E-state index in [1.807, 2.05) is 47.2 Å². The largest absolute Gasteiger partial charge is 0.264 e. The molecule has 0 atom stereocenters. The number of thiophene rings is 2. The Morgan fingerprint density at radius 3 is 1.45 bits per heavy atom. The van der Waals surface area contributed by atoms with Crippen molar-refractivity contribution in [1.82, 2.24) is 19.9 Å². The zero-order chi connectivity index (χ0) is 37.0. The number of rotatable bonds is 6. The average Bonchev–Trinajstić information content (AvgIpc) is 3.84. The Kier molecular flexibility index (Phi) is 7.83. The molecular formula is C50H30N4S2. The minimum atomic E-state index is 0.648. The topological polar surface area (TPSA) is 51.6 Å². The average molecular weight is 751 g/mol. The smallest absolute Gasteiger partial charge is 0.160 e. The summed E-state index contributed by atoms with van der Waals surface area (Å²) in [6, 6.07) is 56.4. The first kappa shape index (κ1) is 32.6. The van der Waals surface area contributed by atoms with Crippen LogP contribution in [0.2, 0.25) is 0 Å². The van der Waals surface area contributed by atoms with Gasteiger partial charge in [0.25, 0.3) is 0 Å². The maximum atomic E-state index is 5.37. The summed E-state index contributed by atoms with van der Waals surface area (Å²) in [6.07, 6.45) is 7.36. The van der Waals surface area contributed by atoms with Crippen molar-refractivity contribution in [2.24, 2.45) is 0 Å². The van der Waals surface area contributed by atoms with Gasteiger partial charge in [0.05, 0.1) is 11.4 Å². The molecule has 5 aromatic heterocycles. The second kappa shape index (κ2) is 13.5. The molecule has 11 aromatic rings. The van der Waals surface area contributed by atoms with Gasteiger partial charge in [-0.15, -0.1) is 22.7 Å². The Bertz CT molecular complexity index is 3130. The molecule has 0 saturated carbocycles. The molecule has 0 amide bonds. The molecule has 0 fully saturated rings. The van der Waals surface area contributed by atoms with Crippen LogP contribution >= 0.6 is 22.7 Å². The molecule has 11 rings (SSSR count). The highest BCUT2D eigenvalue weighted by Crippen LogP contribution is 2.41. The van der Waals surface area contributed by atoms with Gasteiger partial charge in [0.1, 0.15) is 0 Å². The van der Waals surface area contributed by atoms with Gasteiger partial charge in [0, 0.05) is 87.4 Å². The van der Waals surface area contributed by atoms with Gasteiger partial charge in [-0.3, -0.25) is 9.97 Å². The van der Waals surface area contributed by atoms with Crippen LogP contribution in [0.3, 0.4) is 0 Å². The van der Waals surface area contributed by atoms with Gasteiger partial charge in [0.15, 0.2) is 5.82 Å². The minimum absolute atomic E-state index is 0.648. The predicted octanol–water partition coefficient (Wildman–Crippen LogP) is 14.0. The van der Waals surface area contributed by atoms with Gasteiger partial charge in [-0.05, 0) is 107 Å². The molecule has 0 spiro atoms. The van der Waals surface area contributed by atoms with Crippen molar-refractivity contribution in [2.45, 2.75) is 0 Å². The zero-order valence-electron chi connectivity index (χ0n) is 29.9. The standard InChI is InChI=1S/C50H30N4S2/c1-2-12-39(38(11-1)33-9-7-21-51-29-33)45-28-44(34-10-8-22-52-30-34)53-50(54-45)37-24-35(31-17-19-48-42(26-31)40-13-3-5-15-46(40)55-48)23-36(25-37)32-18-20-49-43(27-32)41-14-4-6-16-47(41)56-49/h1-30H. The predicted molar refractivity (Wildman–Crippen MR) is 236 cm³/mol. The van der Waals surface area contributed by atoms with Crippen molar-refractivity contribution in [2.75, 3.05) is 0 Å². The minimum Gasteiger partial charge on any atom is -0.264 e. The van der Waals surface area contributed by atoms with Crippen molar-refractivity contribution in [3.63, 3.8) is 0 Å². The molecule has 0 radical (unpaired) electrons. The van der Waals surface area contributed by atoms with Crippen LogP contribution in [0.5, 0.6) is 0 Å². The number of fused-ring (bicyclic) bond motifs is 6. The lowest BCUT2D eigenvalue weighted by atomic mass is 9.94. The molecule has 0 saturated heterocycles. The third-order valence-corrected chi connectivity index (χ3v) is 12.8. The monoisotopic (exact) mass is 750 g/mol. The normalized spacial score (nSPS) is 11.6. The first-order valence-electron chi connectivity index (χ1n) is 18.5. The highest BCUT2D eigenvalue weighted by atomic mass is 32.1. The number of nitrogens with zero attached hydrogens (tertiary/aromatic N) is 4. The van der Waals surface area contributed by atoms with E-state index >= 15 is 0 Å². The molecule has 0 N–H and O–H groups in total. The number of aromatic nitrogens is 4. The lowest BCUT2D eigenvalue weighted by Crippen LogP contribution is -1.98. The van der Waals surface area contributed by atoms with Crippen molar-refractivity contribution >= 4 is 63.0 Å². The molecule has 0 unspecified atom stereocenters. The van der Waals surface area contributed by atoms with E-state index in [1.165, 1.54) is 40.3 Å². The van der Waals surface area contributed by atoms with Crippen LogP contribution < -0.4 is 0 Å². The lowest BCUT2D eigenvalue weighted by molar-refractivity contribution is 1.18. The van der Waals surface area contributed by atoms with Crippen molar-refractivity contribution in [3.05, 3.63) is 183 Å². The second-order valence-electron chi connectivity index (χ2n) is 13.9. The van der Waals surface area contributed by atoms with E-state index in [0.29, 0.717) is 5.82 Å². The van der Waals surface area contributed by atoms with Crippen LogP contribution in [0, 0.1) is 0 Å². The third-order valence-electron chi connectivity index (χ3n) is 10.5. The number of benzene rings is 6. The van der Waals surface area contributed by atoms with Gasteiger partial charge in [0.2, 0.25) is 0 Å². The van der Waals surface area contributed by atoms with E-state index in [4.69, 9.17) is 9.97 Å². The lowest BCUT2D eigenvalue weighted by Gasteiger charge is -2.14. The molecular weight excluding hydrogens is 721 g/mol. The van der Waals surface area contributed by atoms with Crippen LogP contribution in [-0.4, -0.2) is 19.9 Å². The Hall–Kier alpha value is -6.86. The van der Waals surface area contributed by atoms with Gasteiger partial charge >= 0.3 is 0 Å². The molecule has 5 heterocycles. The van der Waals surface area contributed by atoms with Gasteiger partial charge in [-0.2, -0.15) is 0 Å². The van der Waals surface area contributed by atoms with Crippen LogP contribution in [0.1, 0.15) is 0 Å². The molecule has 6 heteroatoms. The maximum absolute atomic E-state index is 5.37. The van der Waals surface area contributed by atoms with E-state index in [2.05, 4.69) is 156 Å². The highest BCUT2D eigenvalue weighted by molar-refractivity contribution is 7.26. The summed E-state index contributed by atoms with van der Waals surface area (Å²) in [4.78, 5) is 19.5. The fourth-order valence-electron chi connectivity index (χ4n) is 7.76. The second-order valence-corrected chi connectivity index (χ2v) is 16.1. The van der Waals surface area contributed by atoms with Gasteiger partial charge < -0.3 is 0 Å². The molecule has 0 aliphatic heterocycles. The first-order valence-corrected chi connectivity index (χ1v) is 20.1. The van der Waals surface area contributed by atoms with Crippen molar-refractivity contribution in [1.29, 1.82) is 0 Å². The summed E-state index contributed by atoms with van der Waals surface area (Å²) < 4.78 is 5.16. The van der Waals surface area contributed by atoms with E-state index in [-0.39, 0.29) is 0 Å². The van der Waals surface area contributed by atoms with Crippen molar-refractivity contribution in [3.8, 4) is 67.3 Å². The van der Waals surface area contributed by atoms with Gasteiger partial charge in [-0.25, -0.2) is 9.97 Å². The summed E-state index contributed by atoms with van der Waals surface area (Å²) in [7, 11) is 0. The molecule has 0 aliphatic carbocycles. The van der Waals surface area contributed by atoms with Crippen LogP contribution in [0.25, 0.3) is 108 Å². The van der Waals surface area contributed by atoms with E-state index in [0.717, 1.165) is 61.5 Å². The molecule has 0 aliphatic rings. The fourth-order valence-corrected chi connectivity index (χ4v) is 9.93. The SMILES string of the molecule is c1cncc(-c2cc(-c3ccccc3-c3cccnc3)nc(-c3cc(-c4ccc5sc6ccccc6c5c4)cc(-c4ccc5sc6ccccc6c5c4)c3)n2)c1. The maximum Gasteiger partial charge on any atom is 0.160 e. The third kappa shape index (κ3) is 5.75. The van der Waals surface area contributed by atoms with Crippen LogP contribution in [0.15, 0.2) is 183 Å². The summed E-state index contributed by atoms with van der Waals surface area (Å²) in [5, 5.41) is 5.10. The molecule has 6 aromatic carbocycles. The van der Waals surface area contributed by atoms with Crippen LogP contribution in [0.4, 0.5) is 0 Å². The molecule has 56 heavy (non-hydrogen) atoms. The Labute approximate surface area is 331 Å². The number of hydrogen-bond donors (Lipinski definition) is 0. The van der Waals surface area contributed by atoms with E-state index < -0.39 is 0 Å². The Morgan fingerprint density at radius 1 is 0.321 bits per heavy atom. The molecule has 262 valence electrons. The molecule has 4 nitrogen and oxygen atoms in total. The summed E-state index contributed by atoms with van der Waals surface area (Å²) in [5.41, 5.74) is 11.1. The zero-order valence-corrected chi connectivity index (χ0v) is 31.6. The van der Waals surface area contributed by atoms with Crippen molar-refractivity contribution < 1.29 is 0 Å². The number of hydrogen-bond acceptors (Lipinski definition) is 6. The summed E-state index contributed by atoms with van der Waals surface area (Å²) in [5.74, 6) is 0.648. The Morgan fingerprint density at radius 2 is 0.839 bits per heavy atom. The number of pyridine rings is 2. The summed E-state index contributed by atoms with van der Waals surface area (Å²) in [6.45, 7) is 0. The van der Waals surface area contributed by atoms with Crippen LogP contribution in [-0.2, 0) is 0 Å². The van der Waals surface area contributed by atoms with E-state index in [1.54, 1.807) is 12.4 Å². The highest BCUT2D eigenvalue weighted by Gasteiger charge is 2.17. The van der Waals surface area contributed by atoms with E-state index in [9.17, 15) is 0 Å². The first-order chi connectivity index (χ1) is 27.7.